The van der Waals surface area contributed by atoms with Crippen molar-refractivity contribution in [3.63, 3.8) is 0 Å². The summed E-state index contributed by atoms with van der Waals surface area (Å²) in [5.41, 5.74) is 2.67. The molecule has 21 heavy (non-hydrogen) atoms. The van der Waals surface area contributed by atoms with Crippen LogP contribution in [0.25, 0.3) is 0 Å². The number of piperidine rings is 1. The lowest BCUT2D eigenvalue weighted by Gasteiger charge is -2.39. The molecule has 1 atom stereocenters. The van der Waals surface area contributed by atoms with Gasteiger partial charge in [-0.2, -0.15) is 0 Å². The van der Waals surface area contributed by atoms with Crippen LogP contribution in [0.5, 0.6) is 0 Å². The van der Waals surface area contributed by atoms with Gasteiger partial charge in [-0.1, -0.05) is 37.1 Å². The van der Waals surface area contributed by atoms with Crippen molar-refractivity contribution < 1.29 is 0 Å². The zero-order chi connectivity index (χ0) is 14.7. The lowest BCUT2D eigenvalue weighted by molar-refractivity contribution is 0.433. The maximum absolute atomic E-state index is 6.59. The highest BCUT2D eigenvalue weighted by atomic mass is 35.5. The predicted octanol–water partition coefficient (Wildman–Crippen LogP) is 4.75. The fourth-order valence-electron chi connectivity index (χ4n) is 3.49. The first-order valence-corrected chi connectivity index (χ1v) is 8.94. The maximum Gasteiger partial charge on any atom is 0.0643 e. The van der Waals surface area contributed by atoms with E-state index in [0.717, 1.165) is 24.2 Å². The van der Waals surface area contributed by atoms with Gasteiger partial charge in [-0.05, 0) is 50.2 Å². The molecular formula is C18H27ClN2. The molecule has 2 nitrogen and oxygen atoms in total. The second kappa shape index (κ2) is 7.02. The number of para-hydroxylation sites is 1. The monoisotopic (exact) mass is 306 g/mol. The number of nitrogens with zero attached hydrogens (tertiary/aromatic N) is 1. The zero-order valence-corrected chi connectivity index (χ0v) is 13.8. The Hall–Kier alpha value is -0.730. The molecule has 1 unspecified atom stereocenters. The fraction of sp³-hybridized carbons (Fsp3) is 0.667. The first kappa shape index (κ1) is 15.2. The molecule has 0 aromatic heterocycles. The molecule has 3 rings (SSSR count). The largest absolute Gasteiger partial charge is 0.367 e. The Balaban J connectivity index is 1.83. The lowest BCUT2D eigenvalue weighted by Crippen LogP contribution is -2.40. The quantitative estimate of drug-likeness (QED) is 0.816. The number of halogens is 1. The van der Waals surface area contributed by atoms with E-state index in [1.807, 2.05) is 0 Å². The Morgan fingerprint density at radius 1 is 1.24 bits per heavy atom. The molecule has 1 aliphatic carbocycles. The molecule has 1 aromatic rings. The van der Waals surface area contributed by atoms with Crippen LogP contribution in [-0.2, 0) is 6.54 Å². The number of hydrogen-bond donors (Lipinski definition) is 1. The second-order valence-electron chi connectivity index (χ2n) is 6.53. The van der Waals surface area contributed by atoms with Crippen LogP contribution in [0.2, 0.25) is 5.02 Å². The molecular weight excluding hydrogens is 280 g/mol. The Morgan fingerprint density at radius 3 is 2.86 bits per heavy atom. The van der Waals surface area contributed by atoms with Crippen LogP contribution in [0.3, 0.4) is 0 Å². The van der Waals surface area contributed by atoms with Crippen LogP contribution in [-0.4, -0.2) is 18.6 Å². The van der Waals surface area contributed by atoms with Crippen molar-refractivity contribution in [2.75, 3.05) is 11.4 Å². The maximum atomic E-state index is 6.59. The highest BCUT2D eigenvalue weighted by molar-refractivity contribution is 6.33. The predicted molar refractivity (Wildman–Crippen MR) is 91.2 cm³/mol. The van der Waals surface area contributed by atoms with E-state index in [4.69, 9.17) is 11.6 Å². The summed E-state index contributed by atoms with van der Waals surface area (Å²) in [6, 6.07) is 7.80. The molecule has 1 saturated heterocycles. The van der Waals surface area contributed by atoms with E-state index >= 15 is 0 Å². The summed E-state index contributed by atoms with van der Waals surface area (Å²) in [7, 11) is 0. The number of hydrogen-bond acceptors (Lipinski definition) is 2. The van der Waals surface area contributed by atoms with Gasteiger partial charge in [0.25, 0.3) is 0 Å². The van der Waals surface area contributed by atoms with Gasteiger partial charge in [-0.3, -0.25) is 0 Å². The molecule has 0 amide bonds. The van der Waals surface area contributed by atoms with Crippen LogP contribution in [0.1, 0.15) is 57.4 Å². The second-order valence-corrected chi connectivity index (χ2v) is 6.94. The molecule has 0 radical (unpaired) electrons. The third kappa shape index (κ3) is 3.73. The number of anilines is 1. The van der Waals surface area contributed by atoms with Crippen molar-refractivity contribution in [2.24, 2.45) is 0 Å². The van der Waals surface area contributed by atoms with E-state index in [-0.39, 0.29) is 0 Å². The Kier molecular flexibility index (Phi) is 5.07. The van der Waals surface area contributed by atoms with Crippen LogP contribution in [0.15, 0.2) is 18.2 Å². The van der Waals surface area contributed by atoms with Crippen molar-refractivity contribution in [3.8, 4) is 0 Å². The Morgan fingerprint density at radius 2 is 2.10 bits per heavy atom. The minimum atomic E-state index is 0.670. The molecule has 1 saturated carbocycles. The van der Waals surface area contributed by atoms with Crippen LogP contribution >= 0.6 is 11.6 Å². The van der Waals surface area contributed by atoms with E-state index in [1.165, 1.54) is 56.2 Å². The van der Waals surface area contributed by atoms with Crippen LogP contribution in [0.4, 0.5) is 5.69 Å². The van der Waals surface area contributed by atoms with E-state index in [2.05, 4.69) is 35.3 Å². The van der Waals surface area contributed by atoms with Gasteiger partial charge < -0.3 is 10.2 Å². The SMILES string of the molecule is CCCC1CCCCN1c1c(Cl)cccc1CNC1CC1. The smallest absolute Gasteiger partial charge is 0.0643 e. The minimum Gasteiger partial charge on any atom is -0.367 e. The molecule has 0 bridgehead atoms. The first-order valence-electron chi connectivity index (χ1n) is 8.57. The minimum absolute atomic E-state index is 0.670. The van der Waals surface area contributed by atoms with E-state index < -0.39 is 0 Å². The number of nitrogens with one attached hydrogen (secondary N) is 1. The summed E-state index contributed by atoms with van der Waals surface area (Å²) in [6.07, 6.45) is 9.16. The molecule has 1 heterocycles. The molecule has 1 aromatic carbocycles. The van der Waals surface area contributed by atoms with Crippen LogP contribution in [0, 0.1) is 0 Å². The summed E-state index contributed by atoms with van der Waals surface area (Å²) in [5, 5.41) is 4.57. The van der Waals surface area contributed by atoms with Gasteiger partial charge in [0.05, 0.1) is 10.7 Å². The van der Waals surface area contributed by atoms with Gasteiger partial charge in [-0.15, -0.1) is 0 Å². The summed E-state index contributed by atoms with van der Waals surface area (Å²) in [5.74, 6) is 0. The summed E-state index contributed by atoms with van der Waals surface area (Å²) >= 11 is 6.59. The van der Waals surface area contributed by atoms with Crippen molar-refractivity contribution in [1.82, 2.24) is 5.32 Å². The third-order valence-electron chi connectivity index (χ3n) is 4.77. The average molecular weight is 307 g/mol. The highest BCUT2D eigenvalue weighted by Crippen LogP contribution is 2.36. The third-order valence-corrected chi connectivity index (χ3v) is 5.07. The summed E-state index contributed by atoms with van der Waals surface area (Å²) in [6.45, 7) is 4.40. The topological polar surface area (TPSA) is 15.3 Å². The van der Waals surface area contributed by atoms with E-state index in [0.29, 0.717) is 6.04 Å². The van der Waals surface area contributed by atoms with Gasteiger partial charge in [0, 0.05) is 25.2 Å². The van der Waals surface area contributed by atoms with Crippen molar-refractivity contribution in [2.45, 2.75) is 70.5 Å². The first-order chi connectivity index (χ1) is 10.3. The molecule has 1 N–H and O–H groups in total. The average Bonchev–Trinajstić information content (AvgIpc) is 3.31. The molecule has 116 valence electrons. The zero-order valence-electron chi connectivity index (χ0n) is 13.1. The van der Waals surface area contributed by atoms with Crippen molar-refractivity contribution in [1.29, 1.82) is 0 Å². The van der Waals surface area contributed by atoms with Gasteiger partial charge >= 0.3 is 0 Å². The molecule has 2 fully saturated rings. The van der Waals surface area contributed by atoms with E-state index in [9.17, 15) is 0 Å². The van der Waals surface area contributed by atoms with Gasteiger partial charge in [0.1, 0.15) is 0 Å². The van der Waals surface area contributed by atoms with Crippen molar-refractivity contribution in [3.05, 3.63) is 28.8 Å². The summed E-state index contributed by atoms with van der Waals surface area (Å²) in [4.78, 5) is 2.60. The normalized spacial score (nSPS) is 22.6. The van der Waals surface area contributed by atoms with Gasteiger partial charge in [0.15, 0.2) is 0 Å². The fourth-order valence-corrected chi connectivity index (χ4v) is 3.80. The Labute approximate surface area is 133 Å². The van der Waals surface area contributed by atoms with Crippen LogP contribution < -0.4 is 10.2 Å². The number of benzene rings is 1. The lowest BCUT2D eigenvalue weighted by atomic mass is 9.96. The molecule has 1 aliphatic heterocycles. The van der Waals surface area contributed by atoms with Crippen molar-refractivity contribution >= 4 is 17.3 Å². The Bertz CT molecular complexity index is 468. The summed E-state index contributed by atoms with van der Waals surface area (Å²) < 4.78 is 0. The van der Waals surface area contributed by atoms with Gasteiger partial charge in [0.2, 0.25) is 0 Å². The van der Waals surface area contributed by atoms with E-state index in [1.54, 1.807) is 0 Å². The standard InChI is InChI=1S/C18H27ClN2/c1-2-6-16-8-3-4-12-21(16)18-14(7-5-9-17(18)19)13-20-15-10-11-15/h5,7,9,15-16,20H,2-4,6,8,10-13H2,1H3. The highest BCUT2D eigenvalue weighted by Gasteiger charge is 2.26. The molecule has 2 aliphatic rings. The molecule has 3 heteroatoms. The van der Waals surface area contributed by atoms with Gasteiger partial charge in [-0.25, -0.2) is 0 Å². The molecule has 0 spiro atoms. The number of rotatable bonds is 6.